The topological polar surface area (TPSA) is 110 Å². The molecular formula is C28H19N5O3. The Morgan fingerprint density at radius 3 is 2.00 bits per heavy atom. The van der Waals surface area contributed by atoms with E-state index in [9.17, 15) is 14.9 Å². The van der Waals surface area contributed by atoms with Gasteiger partial charge >= 0.3 is 0 Å². The molecule has 0 aliphatic carbocycles. The van der Waals surface area contributed by atoms with E-state index in [1.807, 2.05) is 60.7 Å². The number of hydrogen-bond donors (Lipinski definition) is 1. The molecule has 0 aliphatic rings. The molecule has 1 N–H and O–H groups in total. The lowest BCUT2D eigenvalue weighted by Gasteiger charge is -2.11. The van der Waals surface area contributed by atoms with Crippen molar-refractivity contribution in [3.05, 3.63) is 124 Å². The van der Waals surface area contributed by atoms with Gasteiger partial charge in [-0.05, 0) is 24.3 Å². The van der Waals surface area contributed by atoms with E-state index in [-0.39, 0.29) is 11.3 Å². The van der Waals surface area contributed by atoms with Crippen LogP contribution in [0.5, 0.6) is 0 Å². The normalized spacial score (nSPS) is 11.0. The Balaban J connectivity index is 1.48. The molecule has 0 unspecified atom stereocenters. The van der Waals surface area contributed by atoms with Gasteiger partial charge in [-0.1, -0.05) is 72.8 Å². The van der Waals surface area contributed by atoms with E-state index in [0.29, 0.717) is 22.3 Å². The summed E-state index contributed by atoms with van der Waals surface area (Å²) in [7, 11) is 0. The Morgan fingerprint density at radius 2 is 1.36 bits per heavy atom. The summed E-state index contributed by atoms with van der Waals surface area (Å²) in [4.78, 5) is 33.1. The molecule has 5 aromatic rings. The molecule has 5 rings (SSSR count). The fraction of sp³-hybridized carbons (Fsp3) is 0. The molecule has 0 saturated heterocycles. The van der Waals surface area contributed by atoms with Gasteiger partial charge in [-0.2, -0.15) is 5.10 Å². The Hall–Kier alpha value is -5.24. The van der Waals surface area contributed by atoms with Gasteiger partial charge in [0.25, 0.3) is 11.6 Å². The molecule has 1 heterocycles. The first-order valence-electron chi connectivity index (χ1n) is 11.1. The average molecular weight is 473 g/mol. The van der Waals surface area contributed by atoms with Crippen molar-refractivity contribution in [3.8, 4) is 22.5 Å². The summed E-state index contributed by atoms with van der Waals surface area (Å²) in [6, 6.07) is 30.8. The number of aromatic nitrogens is 2. The number of hydrazone groups is 1. The minimum absolute atomic E-state index is 0.0980. The number of amides is 1. The lowest BCUT2D eigenvalue weighted by molar-refractivity contribution is -0.385. The van der Waals surface area contributed by atoms with Crippen LogP contribution >= 0.6 is 0 Å². The van der Waals surface area contributed by atoms with Gasteiger partial charge in [-0.3, -0.25) is 14.9 Å². The molecule has 0 saturated carbocycles. The fourth-order valence-corrected chi connectivity index (χ4v) is 3.78. The second-order valence-electron chi connectivity index (χ2n) is 7.87. The van der Waals surface area contributed by atoms with Crippen LogP contribution in [0.15, 0.2) is 108 Å². The molecule has 0 radical (unpaired) electrons. The van der Waals surface area contributed by atoms with E-state index < -0.39 is 10.8 Å². The maximum absolute atomic E-state index is 12.7. The molecule has 0 bridgehead atoms. The highest BCUT2D eigenvalue weighted by Gasteiger charge is 2.15. The van der Waals surface area contributed by atoms with Crippen LogP contribution < -0.4 is 5.43 Å². The molecule has 1 aromatic heterocycles. The minimum Gasteiger partial charge on any atom is -0.267 e. The Morgan fingerprint density at radius 1 is 0.778 bits per heavy atom. The number of nitrogens with zero attached hydrogens (tertiary/aromatic N) is 4. The number of carbonyl (C=O) groups is 1. The zero-order valence-electron chi connectivity index (χ0n) is 18.9. The summed E-state index contributed by atoms with van der Waals surface area (Å²) in [5.41, 5.74) is 7.46. The number of benzene rings is 4. The monoisotopic (exact) mass is 473 g/mol. The van der Waals surface area contributed by atoms with Crippen LogP contribution in [0.2, 0.25) is 0 Å². The van der Waals surface area contributed by atoms with Gasteiger partial charge in [0.15, 0.2) is 0 Å². The van der Waals surface area contributed by atoms with Gasteiger partial charge in [-0.15, -0.1) is 0 Å². The Kier molecular flexibility index (Phi) is 6.23. The third-order valence-corrected chi connectivity index (χ3v) is 5.52. The largest absolute Gasteiger partial charge is 0.278 e. The number of fused-ring (bicyclic) bond motifs is 1. The van der Waals surface area contributed by atoms with Crippen LogP contribution in [0.3, 0.4) is 0 Å². The number of rotatable bonds is 6. The van der Waals surface area contributed by atoms with Crippen molar-refractivity contribution < 1.29 is 9.72 Å². The standard InChI is InChI=1S/C28H19N5O3/c34-28(32-29-18-22-13-7-8-14-25(22)33(35)36)21-15-16-23-24(17-21)31-27(20-11-5-2-6-12-20)26(30-23)19-9-3-1-4-10-19/h1-18H,(H,32,34). The van der Waals surface area contributed by atoms with E-state index in [2.05, 4.69) is 10.5 Å². The lowest BCUT2D eigenvalue weighted by Crippen LogP contribution is -2.17. The SMILES string of the molecule is O=C(NN=Cc1ccccc1[N+](=O)[O-])c1ccc2nc(-c3ccccc3)c(-c3ccccc3)nc2c1. The van der Waals surface area contributed by atoms with E-state index in [1.165, 1.54) is 12.3 Å². The quantitative estimate of drug-likeness (QED) is 0.195. The second-order valence-corrected chi connectivity index (χ2v) is 7.87. The molecule has 8 nitrogen and oxygen atoms in total. The summed E-state index contributed by atoms with van der Waals surface area (Å²) >= 11 is 0. The number of hydrogen-bond acceptors (Lipinski definition) is 6. The zero-order valence-corrected chi connectivity index (χ0v) is 18.9. The maximum atomic E-state index is 12.7. The highest BCUT2D eigenvalue weighted by Crippen LogP contribution is 2.31. The first-order chi connectivity index (χ1) is 17.6. The van der Waals surface area contributed by atoms with Crippen LogP contribution in [0.4, 0.5) is 5.69 Å². The van der Waals surface area contributed by atoms with Gasteiger partial charge in [0.05, 0.1) is 39.1 Å². The first kappa shape index (κ1) is 22.5. The smallest absolute Gasteiger partial charge is 0.267 e. The lowest BCUT2D eigenvalue weighted by atomic mass is 10.0. The molecule has 0 atom stereocenters. The van der Waals surface area contributed by atoms with Gasteiger partial charge in [-0.25, -0.2) is 15.4 Å². The van der Waals surface area contributed by atoms with E-state index >= 15 is 0 Å². The van der Waals surface area contributed by atoms with Gasteiger partial charge < -0.3 is 0 Å². The van der Waals surface area contributed by atoms with Crippen LogP contribution in [0.1, 0.15) is 15.9 Å². The number of para-hydroxylation sites is 1. The number of nitro groups is 1. The van der Waals surface area contributed by atoms with Crippen LogP contribution in [0, 0.1) is 10.1 Å². The zero-order chi connectivity index (χ0) is 24.9. The minimum atomic E-state index is -0.501. The summed E-state index contributed by atoms with van der Waals surface area (Å²) in [6.07, 6.45) is 1.25. The molecule has 0 spiro atoms. The molecule has 0 aliphatic heterocycles. The summed E-state index contributed by atoms with van der Waals surface area (Å²) in [5.74, 6) is -0.470. The van der Waals surface area contributed by atoms with Gasteiger partial charge in [0.1, 0.15) is 0 Å². The number of nitro benzene ring substituents is 1. The molecule has 8 heteroatoms. The maximum Gasteiger partial charge on any atom is 0.278 e. The third-order valence-electron chi connectivity index (χ3n) is 5.52. The van der Waals surface area contributed by atoms with Crippen molar-refractivity contribution >= 4 is 28.8 Å². The van der Waals surface area contributed by atoms with Crippen molar-refractivity contribution in [1.29, 1.82) is 0 Å². The van der Waals surface area contributed by atoms with E-state index in [4.69, 9.17) is 9.97 Å². The van der Waals surface area contributed by atoms with Crippen LogP contribution in [-0.4, -0.2) is 27.0 Å². The van der Waals surface area contributed by atoms with E-state index in [1.54, 1.807) is 36.4 Å². The van der Waals surface area contributed by atoms with Gasteiger partial charge in [0, 0.05) is 22.8 Å². The van der Waals surface area contributed by atoms with Crippen LogP contribution in [-0.2, 0) is 0 Å². The van der Waals surface area contributed by atoms with Crippen molar-refractivity contribution in [1.82, 2.24) is 15.4 Å². The molecule has 174 valence electrons. The highest BCUT2D eigenvalue weighted by molar-refractivity contribution is 5.98. The van der Waals surface area contributed by atoms with Crippen LogP contribution in [0.25, 0.3) is 33.5 Å². The predicted molar refractivity (Wildman–Crippen MR) is 139 cm³/mol. The van der Waals surface area contributed by atoms with Crippen molar-refractivity contribution in [2.75, 3.05) is 0 Å². The van der Waals surface area contributed by atoms with E-state index in [0.717, 1.165) is 16.8 Å². The third kappa shape index (κ3) is 4.69. The molecular weight excluding hydrogens is 454 g/mol. The Labute approximate surface area is 206 Å². The van der Waals surface area contributed by atoms with Crippen molar-refractivity contribution in [3.63, 3.8) is 0 Å². The first-order valence-corrected chi connectivity index (χ1v) is 11.1. The Bertz CT molecular complexity index is 1600. The fourth-order valence-electron chi connectivity index (χ4n) is 3.78. The van der Waals surface area contributed by atoms with Crippen molar-refractivity contribution in [2.24, 2.45) is 5.10 Å². The summed E-state index contributed by atoms with van der Waals surface area (Å²) in [5, 5.41) is 15.0. The number of carbonyl (C=O) groups excluding carboxylic acids is 1. The summed E-state index contributed by atoms with van der Waals surface area (Å²) in [6.45, 7) is 0. The average Bonchev–Trinajstić information content (AvgIpc) is 2.93. The molecule has 1 amide bonds. The number of nitrogens with one attached hydrogen (secondary N) is 1. The summed E-state index contributed by atoms with van der Waals surface area (Å²) < 4.78 is 0. The predicted octanol–water partition coefficient (Wildman–Crippen LogP) is 5.64. The highest BCUT2D eigenvalue weighted by atomic mass is 16.6. The second kappa shape index (κ2) is 9.94. The molecule has 0 fully saturated rings. The van der Waals surface area contributed by atoms with Gasteiger partial charge in [0.2, 0.25) is 0 Å². The molecule has 36 heavy (non-hydrogen) atoms. The van der Waals surface area contributed by atoms with Crippen molar-refractivity contribution in [2.45, 2.75) is 0 Å². The molecule has 4 aromatic carbocycles.